The molecule has 27 heavy (non-hydrogen) atoms. The maximum absolute atomic E-state index is 12.0. The lowest BCUT2D eigenvalue weighted by Gasteiger charge is -2.13. The van der Waals surface area contributed by atoms with Gasteiger partial charge in [0.2, 0.25) is 11.7 Å². The van der Waals surface area contributed by atoms with Crippen LogP contribution >= 0.6 is 0 Å². The number of hydrogen-bond donors (Lipinski definition) is 1. The number of carbonyl (C=O) groups is 1. The van der Waals surface area contributed by atoms with Gasteiger partial charge in [0.1, 0.15) is 0 Å². The number of ether oxygens (including phenoxy) is 3. The van der Waals surface area contributed by atoms with E-state index >= 15 is 0 Å². The van der Waals surface area contributed by atoms with E-state index in [4.69, 9.17) is 14.2 Å². The lowest BCUT2D eigenvalue weighted by atomic mass is 10.1. The lowest BCUT2D eigenvalue weighted by Crippen LogP contribution is -2.19. The highest BCUT2D eigenvalue weighted by Crippen LogP contribution is 2.38. The Hall–Kier alpha value is -3.62. The summed E-state index contributed by atoms with van der Waals surface area (Å²) in [5, 5.41) is 14.5. The van der Waals surface area contributed by atoms with Crippen LogP contribution in [-0.4, -0.2) is 38.4 Å². The minimum Gasteiger partial charge on any atom is -0.493 e. The van der Waals surface area contributed by atoms with E-state index in [-0.39, 0.29) is 18.0 Å². The topological polar surface area (TPSA) is 112 Å². The number of nitro groups is 1. The van der Waals surface area contributed by atoms with Crippen LogP contribution in [0, 0.1) is 10.1 Å². The van der Waals surface area contributed by atoms with Crippen LogP contribution in [0.2, 0.25) is 0 Å². The number of methoxy groups -OCH3 is 3. The molecule has 0 saturated carbocycles. The first kappa shape index (κ1) is 19.7. The average molecular weight is 373 g/mol. The second-order valence-electron chi connectivity index (χ2n) is 5.32. The molecule has 9 nitrogen and oxygen atoms in total. The van der Waals surface area contributed by atoms with Gasteiger partial charge in [-0.25, -0.2) is 5.43 Å². The Labute approximate surface area is 155 Å². The van der Waals surface area contributed by atoms with Crippen molar-refractivity contribution in [2.75, 3.05) is 21.3 Å². The normalized spacial score (nSPS) is 10.5. The molecule has 0 heterocycles. The average Bonchev–Trinajstić information content (AvgIpc) is 2.67. The Morgan fingerprint density at radius 2 is 1.74 bits per heavy atom. The minimum atomic E-state index is -0.495. The molecule has 0 aliphatic heterocycles. The summed E-state index contributed by atoms with van der Waals surface area (Å²) in [6.45, 7) is 0. The Bertz CT molecular complexity index is 849. The van der Waals surface area contributed by atoms with Crippen molar-refractivity contribution in [2.24, 2.45) is 5.10 Å². The minimum absolute atomic E-state index is 0.0299. The maximum Gasteiger partial charge on any atom is 0.269 e. The largest absolute Gasteiger partial charge is 0.493 e. The summed E-state index contributed by atoms with van der Waals surface area (Å²) < 4.78 is 15.8. The molecule has 2 aromatic rings. The zero-order valence-electron chi connectivity index (χ0n) is 15.1. The fraction of sp³-hybridized carbons (Fsp3) is 0.222. The van der Waals surface area contributed by atoms with Gasteiger partial charge in [-0.15, -0.1) is 0 Å². The fourth-order valence-electron chi connectivity index (χ4n) is 2.36. The zero-order chi connectivity index (χ0) is 19.8. The van der Waals surface area contributed by atoms with E-state index in [1.807, 2.05) is 0 Å². The molecule has 0 aliphatic carbocycles. The van der Waals surface area contributed by atoms with Gasteiger partial charge in [0.15, 0.2) is 11.5 Å². The van der Waals surface area contributed by atoms with E-state index in [9.17, 15) is 14.9 Å². The van der Waals surface area contributed by atoms with Crippen LogP contribution < -0.4 is 19.6 Å². The highest BCUT2D eigenvalue weighted by molar-refractivity contribution is 5.87. The Kier molecular flexibility index (Phi) is 6.70. The first-order valence-electron chi connectivity index (χ1n) is 7.84. The monoisotopic (exact) mass is 373 g/mol. The molecule has 0 fully saturated rings. The Balaban J connectivity index is 2.04. The molecule has 0 spiro atoms. The second kappa shape index (κ2) is 9.18. The van der Waals surface area contributed by atoms with Gasteiger partial charge < -0.3 is 14.2 Å². The van der Waals surface area contributed by atoms with Crippen molar-refractivity contribution < 1.29 is 23.9 Å². The SMILES string of the molecule is COc1ccc(/C=N/NC(=O)Cc2ccc([N+](=O)[O-])cc2)c(OC)c1OC. The number of nitro benzene ring substituents is 1. The number of benzene rings is 2. The van der Waals surface area contributed by atoms with Crippen LogP contribution in [-0.2, 0) is 11.2 Å². The lowest BCUT2D eigenvalue weighted by molar-refractivity contribution is -0.384. The van der Waals surface area contributed by atoms with Crippen molar-refractivity contribution in [3.63, 3.8) is 0 Å². The molecule has 142 valence electrons. The molecule has 0 radical (unpaired) electrons. The number of hydrogen-bond acceptors (Lipinski definition) is 7. The van der Waals surface area contributed by atoms with Crippen molar-refractivity contribution >= 4 is 17.8 Å². The predicted molar refractivity (Wildman–Crippen MR) is 98.6 cm³/mol. The van der Waals surface area contributed by atoms with Gasteiger partial charge in [-0.1, -0.05) is 12.1 Å². The van der Waals surface area contributed by atoms with Crippen molar-refractivity contribution in [2.45, 2.75) is 6.42 Å². The quantitative estimate of drug-likeness (QED) is 0.432. The summed E-state index contributed by atoms with van der Waals surface area (Å²) in [7, 11) is 4.50. The zero-order valence-corrected chi connectivity index (χ0v) is 15.1. The van der Waals surface area contributed by atoms with E-state index in [0.29, 0.717) is 28.4 Å². The number of nitrogens with zero attached hydrogens (tertiary/aromatic N) is 2. The Morgan fingerprint density at radius 3 is 2.30 bits per heavy atom. The number of rotatable bonds is 8. The standard InChI is InChI=1S/C18H19N3O6/c1-25-15-9-6-13(17(26-2)18(15)27-3)11-19-20-16(22)10-12-4-7-14(8-5-12)21(23)24/h4-9,11H,10H2,1-3H3,(H,20,22)/b19-11+. The molecule has 9 heteroatoms. The molecule has 0 saturated heterocycles. The third-order valence-corrected chi connectivity index (χ3v) is 3.64. The highest BCUT2D eigenvalue weighted by Gasteiger charge is 2.14. The van der Waals surface area contributed by atoms with E-state index in [0.717, 1.165) is 0 Å². The number of non-ortho nitro benzene ring substituents is 1. The van der Waals surface area contributed by atoms with Crippen LogP contribution in [0.15, 0.2) is 41.5 Å². The summed E-state index contributed by atoms with van der Waals surface area (Å²) in [6.07, 6.45) is 1.47. The number of amides is 1. The maximum atomic E-state index is 12.0. The highest BCUT2D eigenvalue weighted by atomic mass is 16.6. The summed E-state index contributed by atoms with van der Waals surface area (Å²) in [6, 6.07) is 9.16. The van der Waals surface area contributed by atoms with Crippen LogP contribution in [0.4, 0.5) is 5.69 Å². The number of hydrazone groups is 1. The third kappa shape index (κ3) is 4.94. The first-order valence-corrected chi connectivity index (χ1v) is 7.84. The molecule has 1 amide bonds. The van der Waals surface area contributed by atoms with Crippen LogP contribution in [0.3, 0.4) is 0 Å². The van der Waals surface area contributed by atoms with E-state index in [1.54, 1.807) is 12.1 Å². The summed E-state index contributed by atoms with van der Waals surface area (Å²) >= 11 is 0. The smallest absolute Gasteiger partial charge is 0.269 e. The second-order valence-corrected chi connectivity index (χ2v) is 5.32. The van der Waals surface area contributed by atoms with Crippen LogP contribution in [0.5, 0.6) is 17.2 Å². The molecule has 2 rings (SSSR count). The molecule has 0 unspecified atom stereocenters. The van der Waals surface area contributed by atoms with Gasteiger partial charge in [-0.3, -0.25) is 14.9 Å². The third-order valence-electron chi connectivity index (χ3n) is 3.64. The molecular formula is C18H19N3O6. The molecule has 0 aromatic heterocycles. The molecule has 0 bridgehead atoms. The molecule has 0 aliphatic rings. The van der Waals surface area contributed by atoms with E-state index < -0.39 is 4.92 Å². The van der Waals surface area contributed by atoms with Gasteiger partial charge in [0.05, 0.1) is 38.9 Å². The van der Waals surface area contributed by atoms with Gasteiger partial charge >= 0.3 is 0 Å². The van der Waals surface area contributed by atoms with Gasteiger partial charge in [0, 0.05) is 17.7 Å². The van der Waals surface area contributed by atoms with E-state index in [1.165, 1.54) is 51.8 Å². The number of carbonyl (C=O) groups excluding carboxylic acids is 1. The molecule has 2 aromatic carbocycles. The first-order chi connectivity index (χ1) is 13.0. The van der Waals surface area contributed by atoms with Gasteiger partial charge in [0.25, 0.3) is 5.69 Å². The molecule has 0 atom stereocenters. The van der Waals surface area contributed by atoms with Crippen molar-refractivity contribution in [3.05, 3.63) is 57.6 Å². The van der Waals surface area contributed by atoms with Crippen molar-refractivity contribution in [1.82, 2.24) is 5.43 Å². The molecular weight excluding hydrogens is 354 g/mol. The molecule has 1 N–H and O–H groups in total. The summed E-state index contributed by atoms with van der Waals surface area (Å²) in [5.41, 5.74) is 3.60. The Morgan fingerprint density at radius 1 is 1.07 bits per heavy atom. The van der Waals surface area contributed by atoms with Gasteiger partial charge in [-0.05, 0) is 17.7 Å². The number of nitrogens with one attached hydrogen (secondary N) is 1. The van der Waals surface area contributed by atoms with Crippen molar-refractivity contribution in [3.8, 4) is 17.2 Å². The van der Waals surface area contributed by atoms with Gasteiger partial charge in [-0.2, -0.15) is 5.10 Å². The predicted octanol–water partition coefficient (Wildman–Crippen LogP) is 2.31. The van der Waals surface area contributed by atoms with Crippen molar-refractivity contribution in [1.29, 1.82) is 0 Å². The van der Waals surface area contributed by atoms with E-state index in [2.05, 4.69) is 10.5 Å². The summed E-state index contributed by atoms with van der Waals surface area (Å²) in [4.78, 5) is 22.1. The fourth-order valence-corrected chi connectivity index (χ4v) is 2.36. The summed E-state index contributed by atoms with van der Waals surface area (Å²) in [5.74, 6) is 0.986. The van der Waals surface area contributed by atoms with Crippen LogP contribution in [0.25, 0.3) is 0 Å². The van der Waals surface area contributed by atoms with Crippen LogP contribution in [0.1, 0.15) is 11.1 Å².